The number of nitrogens with one attached hydrogen (secondary N) is 1. The van der Waals surface area contributed by atoms with Crippen molar-refractivity contribution in [3.05, 3.63) is 59.7 Å². The van der Waals surface area contributed by atoms with E-state index in [1.165, 1.54) is 25.1 Å². The highest BCUT2D eigenvalue weighted by Crippen LogP contribution is 2.21. The van der Waals surface area contributed by atoms with Gasteiger partial charge in [0.05, 0.1) is 12.3 Å². The molecule has 2 rings (SSSR count). The summed E-state index contributed by atoms with van der Waals surface area (Å²) in [6.45, 7) is 0.132. The van der Waals surface area contributed by atoms with Crippen LogP contribution in [-0.4, -0.2) is 29.8 Å². The SMILES string of the molecule is CC(C(=O)O)c1cccc(NC(=O)Cc2cccc(OCC(F)(F)F)c2)c1. The standard InChI is InChI=1S/C19H18F3NO4/c1-12(18(25)26)14-5-3-6-15(10-14)23-17(24)9-13-4-2-7-16(8-13)27-11-19(20,21)22/h2-8,10,12H,9,11H2,1H3,(H,23,24)(H,25,26). The van der Waals surface area contributed by atoms with Gasteiger partial charge in [-0.2, -0.15) is 13.2 Å². The van der Waals surface area contributed by atoms with E-state index in [1.807, 2.05) is 0 Å². The average Bonchev–Trinajstić information content (AvgIpc) is 2.59. The van der Waals surface area contributed by atoms with Crippen molar-refractivity contribution in [1.82, 2.24) is 0 Å². The molecule has 144 valence electrons. The molecule has 0 spiro atoms. The predicted octanol–water partition coefficient (Wildman–Crippen LogP) is 4.00. The van der Waals surface area contributed by atoms with E-state index in [9.17, 15) is 22.8 Å². The van der Waals surface area contributed by atoms with Crippen LogP contribution in [0.2, 0.25) is 0 Å². The molecule has 1 atom stereocenters. The number of rotatable bonds is 7. The van der Waals surface area contributed by atoms with Crippen LogP contribution in [0.1, 0.15) is 24.0 Å². The third-order valence-electron chi connectivity index (χ3n) is 3.71. The van der Waals surface area contributed by atoms with Gasteiger partial charge in [0.15, 0.2) is 6.61 Å². The van der Waals surface area contributed by atoms with Crippen LogP contribution < -0.4 is 10.1 Å². The maximum atomic E-state index is 12.2. The van der Waals surface area contributed by atoms with E-state index < -0.39 is 24.7 Å². The molecule has 1 amide bonds. The van der Waals surface area contributed by atoms with Gasteiger partial charge in [-0.05, 0) is 42.3 Å². The van der Waals surface area contributed by atoms with Gasteiger partial charge in [-0.25, -0.2) is 0 Å². The highest BCUT2D eigenvalue weighted by atomic mass is 19.4. The molecule has 0 aromatic heterocycles. The van der Waals surface area contributed by atoms with Crippen molar-refractivity contribution in [3.63, 3.8) is 0 Å². The molecule has 0 aliphatic carbocycles. The molecule has 27 heavy (non-hydrogen) atoms. The molecular formula is C19H18F3NO4. The molecule has 2 N–H and O–H groups in total. The number of halogens is 3. The van der Waals surface area contributed by atoms with Crippen LogP contribution in [0.5, 0.6) is 5.75 Å². The van der Waals surface area contributed by atoms with Gasteiger partial charge >= 0.3 is 12.1 Å². The van der Waals surface area contributed by atoms with Crippen LogP contribution >= 0.6 is 0 Å². The summed E-state index contributed by atoms with van der Waals surface area (Å²) in [4.78, 5) is 23.2. The molecule has 0 saturated carbocycles. The lowest BCUT2D eigenvalue weighted by Gasteiger charge is -2.11. The second-order valence-corrected chi connectivity index (χ2v) is 5.96. The fraction of sp³-hybridized carbons (Fsp3) is 0.263. The minimum Gasteiger partial charge on any atom is -0.484 e. The summed E-state index contributed by atoms with van der Waals surface area (Å²) in [6, 6.07) is 12.3. The zero-order valence-corrected chi connectivity index (χ0v) is 14.4. The molecule has 0 aliphatic rings. The fourth-order valence-corrected chi connectivity index (χ4v) is 2.33. The normalized spacial score (nSPS) is 12.3. The summed E-state index contributed by atoms with van der Waals surface area (Å²) in [5, 5.41) is 11.7. The van der Waals surface area contributed by atoms with Crippen LogP contribution in [0.25, 0.3) is 0 Å². The van der Waals surface area contributed by atoms with Crippen LogP contribution in [0.4, 0.5) is 18.9 Å². The summed E-state index contributed by atoms with van der Waals surface area (Å²) in [6.07, 6.45) is -4.51. The second-order valence-electron chi connectivity index (χ2n) is 5.96. The number of benzene rings is 2. The predicted molar refractivity (Wildman–Crippen MR) is 92.8 cm³/mol. The molecule has 0 fully saturated rings. The Labute approximate surface area is 153 Å². The maximum absolute atomic E-state index is 12.2. The quantitative estimate of drug-likeness (QED) is 0.760. The molecule has 2 aromatic rings. The first kappa shape index (κ1) is 20.3. The molecule has 1 unspecified atom stereocenters. The molecule has 0 bridgehead atoms. The van der Waals surface area contributed by atoms with E-state index in [4.69, 9.17) is 5.11 Å². The third-order valence-corrected chi connectivity index (χ3v) is 3.71. The molecule has 2 aromatic carbocycles. The number of ether oxygens (including phenoxy) is 1. The number of aliphatic carboxylic acids is 1. The van der Waals surface area contributed by atoms with Crippen LogP contribution in [-0.2, 0) is 16.0 Å². The summed E-state index contributed by atoms with van der Waals surface area (Å²) < 4.78 is 41.3. The monoisotopic (exact) mass is 381 g/mol. The van der Waals surface area contributed by atoms with Gasteiger partial charge in [0.2, 0.25) is 5.91 Å². The van der Waals surface area contributed by atoms with Crippen LogP contribution in [0, 0.1) is 0 Å². The Kier molecular flexibility index (Phi) is 6.44. The van der Waals surface area contributed by atoms with E-state index >= 15 is 0 Å². The maximum Gasteiger partial charge on any atom is 0.422 e. The van der Waals surface area contributed by atoms with Crippen molar-refractivity contribution >= 4 is 17.6 Å². The first-order chi connectivity index (χ1) is 12.6. The first-order valence-corrected chi connectivity index (χ1v) is 8.05. The lowest BCUT2D eigenvalue weighted by molar-refractivity contribution is -0.153. The number of hydrogen-bond acceptors (Lipinski definition) is 3. The Balaban J connectivity index is 2.00. The van der Waals surface area contributed by atoms with Crippen LogP contribution in [0.3, 0.4) is 0 Å². The van der Waals surface area contributed by atoms with Gasteiger partial charge in [0.1, 0.15) is 5.75 Å². The number of carbonyl (C=O) groups is 2. The number of alkyl halides is 3. The minimum atomic E-state index is -4.44. The van der Waals surface area contributed by atoms with Gasteiger partial charge in [0.25, 0.3) is 0 Å². The molecular weight excluding hydrogens is 363 g/mol. The van der Waals surface area contributed by atoms with Crippen molar-refractivity contribution in [2.75, 3.05) is 11.9 Å². The van der Waals surface area contributed by atoms with Crippen molar-refractivity contribution in [2.24, 2.45) is 0 Å². The van der Waals surface area contributed by atoms with Gasteiger partial charge in [-0.1, -0.05) is 24.3 Å². The van der Waals surface area contributed by atoms with E-state index in [2.05, 4.69) is 10.1 Å². The lowest BCUT2D eigenvalue weighted by atomic mass is 10.0. The van der Waals surface area contributed by atoms with Gasteiger partial charge in [-0.15, -0.1) is 0 Å². The zero-order valence-electron chi connectivity index (χ0n) is 14.4. The molecule has 5 nitrogen and oxygen atoms in total. The Morgan fingerprint density at radius 3 is 2.52 bits per heavy atom. The smallest absolute Gasteiger partial charge is 0.422 e. The largest absolute Gasteiger partial charge is 0.484 e. The summed E-state index contributed by atoms with van der Waals surface area (Å²) >= 11 is 0. The Morgan fingerprint density at radius 1 is 1.15 bits per heavy atom. The van der Waals surface area contributed by atoms with Crippen molar-refractivity contribution in [1.29, 1.82) is 0 Å². The molecule has 0 aliphatic heterocycles. The van der Waals surface area contributed by atoms with Gasteiger partial charge in [0, 0.05) is 5.69 Å². The third kappa shape index (κ3) is 6.65. The fourth-order valence-electron chi connectivity index (χ4n) is 2.33. The molecule has 8 heteroatoms. The molecule has 0 heterocycles. The number of carboxylic acids is 1. The average molecular weight is 381 g/mol. The van der Waals surface area contributed by atoms with Crippen molar-refractivity contribution in [2.45, 2.75) is 25.4 Å². The minimum absolute atomic E-state index is 0.0231. The lowest BCUT2D eigenvalue weighted by Crippen LogP contribution is -2.19. The number of anilines is 1. The van der Waals surface area contributed by atoms with E-state index in [-0.39, 0.29) is 18.1 Å². The number of amides is 1. The van der Waals surface area contributed by atoms with Gasteiger partial charge in [-0.3, -0.25) is 9.59 Å². The van der Waals surface area contributed by atoms with Gasteiger partial charge < -0.3 is 15.2 Å². The summed E-state index contributed by atoms with van der Waals surface area (Å²) in [5.74, 6) is -2.06. The molecule has 0 radical (unpaired) electrons. The summed E-state index contributed by atoms with van der Waals surface area (Å²) in [7, 11) is 0. The topological polar surface area (TPSA) is 75.6 Å². The Hall–Kier alpha value is -3.03. The first-order valence-electron chi connectivity index (χ1n) is 8.05. The van der Waals surface area contributed by atoms with Crippen molar-refractivity contribution < 1.29 is 32.6 Å². The second kappa shape index (κ2) is 8.57. The Bertz CT molecular complexity index is 821. The van der Waals surface area contributed by atoms with Crippen LogP contribution in [0.15, 0.2) is 48.5 Å². The highest BCUT2D eigenvalue weighted by Gasteiger charge is 2.28. The van der Waals surface area contributed by atoms with Crippen molar-refractivity contribution in [3.8, 4) is 5.75 Å². The number of carbonyl (C=O) groups excluding carboxylic acids is 1. The van der Waals surface area contributed by atoms with E-state index in [1.54, 1.807) is 30.3 Å². The Morgan fingerprint density at radius 2 is 1.85 bits per heavy atom. The summed E-state index contributed by atoms with van der Waals surface area (Å²) in [5.41, 5.74) is 1.47. The van der Waals surface area contributed by atoms with E-state index in [0.717, 1.165) is 0 Å². The highest BCUT2D eigenvalue weighted by molar-refractivity contribution is 5.92. The number of carboxylic acid groups (broad SMARTS) is 1. The number of hydrogen-bond donors (Lipinski definition) is 2. The van der Waals surface area contributed by atoms with E-state index in [0.29, 0.717) is 16.8 Å². The molecule has 0 saturated heterocycles. The zero-order chi connectivity index (χ0) is 20.0.